The first kappa shape index (κ1) is 10.5. The highest BCUT2D eigenvalue weighted by Crippen LogP contribution is 2.27. The van der Waals surface area contributed by atoms with Gasteiger partial charge in [0.15, 0.2) is 0 Å². The van der Waals surface area contributed by atoms with Gasteiger partial charge in [-0.15, -0.1) is 0 Å². The summed E-state index contributed by atoms with van der Waals surface area (Å²) in [6.07, 6.45) is -1.39. The molecule has 0 bridgehead atoms. The highest BCUT2D eigenvalue weighted by atomic mass is 19.3. The van der Waals surface area contributed by atoms with Crippen LogP contribution in [0.1, 0.15) is 28.8 Å². The van der Waals surface area contributed by atoms with E-state index in [2.05, 4.69) is 4.98 Å². The molecular formula is C9H9F2N3. The lowest BCUT2D eigenvalue weighted by atomic mass is 10.0. The number of hydrogen-bond acceptors (Lipinski definition) is 3. The topological polar surface area (TPSA) is 62.7 Å². The number of halogens is 2. The third-order valence-corrected chi connectivity index (χ3v) is 2.00. The second kappa shape index (κ2) is 4.11. The first-order valence-electron chi connectivity index (χ1n) is 3.98. The number of alkyl halides is 2. The number of pyridine rings is 1. The van der Waals surface area contributed by atoms with Crippen molar-refractivity contribution in [2.45, 2.75) is 19.9 Å². The van der Waals surface area contributed by atoms with Gasteiger partial charge in [-0.2, -0.15) is 5.26 Å². The van der Waals surface area contributed by atoms with Gasteiger partial charge < -0.3 is 5.73 Å². The van der Waals surface area contributed by atoms with Crippen molar-refractivity contribution in [2.75, 3.05) is 0 Å². The fourth-order valence-electron chi connectivity index (χ4n) is 1.26. The van der Waals surface area contributed by atoms with Gasteiger partial charge in [-0.1, -0.05) is 0 Å². The van der Waals surface area contributed by atoms with E-state index in [9.17, 15) is 8.78 Å². The predicted octanol–water partition coefficient (Wildman–Crippen LogP) is 1.66. The predicted molar refractivity (Wildman–Crippen MR) is 46.5 cm³/mol. The van der Waals surface area contributed by atoms with Crippen molar-refractivity contribution >= 4 is 0 Å². The molecule has 0 radical (unpaired) electrons. The maximum atomic E-state index is 12.6. The summed E-state index contributed by atoms with van der Waals surface area (Å²) < 4.78 is 25.2. The fraction of sp³-hybridized carbons (Fsp3) is 0.333. The first-order valence-corrected chi connectivity index (χ1v) is 3.98. The van der Waals surface area contributed by atoms with Gasteiger partial charge in [-0.3, -0.25) is 0 Å². The van der Waals surface area contributed by atoms with Crippen LogP contribution in [0.5, 0.6) is 0 Å². The van der Waals surface area contributed by atoms with Crippen molar-refractivity contribution in [3.8, 4) is 6.07 Å². The van der Waals surface area contributed by atoms with E-state index >= 15 is 0 Å². The van der Waals surface area contributed by atoms with E-state index in [1.807, 2.05) is 0 Å². The second-order valence-electron chi connectivity index (χ2n) is 2.79. The zero-order valence-corrected chi connectivity index (χ0v) is 7.59. The van der Waals surface area contributed by atoms with Gasteiger partial charge in [0.25, 0.3) is 6.43 Å². The van der Waals surface area contributed by atoms with Crippen LogP contribution in [0.15, 0.2) is 6.20 Å². The Labute approximate surface area is 80.2 Å². The highest BCUT2D eigenvalue weighted by Gasteiger charge is 2.18. The summed E-state index contributed by atoms with van der Waals surface area (Å²) in [6.45, 7) is 1.45. The lowest BCUT2D eigenvalue weighted by molar-refractivity contribution is 0.149. The summed E-state index contributed by atoms with van der Waals surface area (Å²) in [6, 6.07) is 1.76. The van der Waals surface area contributed by atoms with Crippen LogP contribution in [0.4, 0.5) is 8.78 Å². The van der Waals surface area contributed by atoms with Crippen molar-refractivity contribution in [2.24, 2.45) is 5.73 Å². The number of nitrogens with zero attached hydrogens (tertiary/aromatic N) is 2. The van der Waals surface area contributed by atoms with Gasteiger partial charge in [-0.05, 0) is 18.1 Å². The quantitative estimate of drug-likeness (QED) is 0.784. The minimum absolute atomic E-state index is 0.000772. The standard InChI is InChI=1S/C9H9F2N3/c1-5-7(3-13)14-4-6(2-12)8(5)9(10)11/h4,9H,2,12H2,1H3. The van der Waals surface area contributed by atoms with Crippen molar-refractivity contribution in [3.05, 3.63) is 28.6 Å². The van der Waals surface area contributed by atoms with Crippen molar-refractivity contribution in [1.82, 2.24) is 4.98 Å². The maximum Gasteiger partial charge on any atom is 0.264 e. The Hall–Kier alpha value is -1.54. The molecule has 0 saturated carbocycles. The van der Waals surface area contributed by atoms with E-state index in [4.69, 9.17) is 11.0 Å². The van der Waals surface area contributed by atoms with Crippen molar-refractivity contribution in [1.29, 1.82) is 5.26 Å². The number of nitrogens with two attached hydrogens (primary N) is 1. The third kappa shape index (κ3) is 1.70. The Kier molecular flexibility index (Phi) is 3.10. The summed E-state index contributed by atoms with van der Waals surface area (Å²) in [5.41, 5.74) is 5.65. The lowest BCUT2D eigenvalue weighted by Gasteiger charge is -2.10. The second-order valence-corrected chi connectivity index (χ2v) is 2.79. The molecule has 0 saturated heterocycles. The molecule has 74 valence electrons. The molecule has 2 N–H and O–H groups in total. The van der Waals surface area contributed by atoms with E-state index in [0.29, 0.717) is 0 Å². The molecule has 5 heteroatoms. The van der Waals surface area contributed by atoms with Crippen molar-refractivity contribution < 1.29 is 8.78 Å². The highest BCUT2D eigenvalue weighted by molar-refractivity contribution is 5.41. The average Bonchev–Trinajstić information content (AvgIpc) is 2.16. The molecule has 3 nitrogen and oxygen atoms in total. The van der Waals surface area contributed by atoms with E-state index in [-0.39, 0.29) is 28.9 Å². The van der Waals surface area contributed by atoms with Crippen LogP contribution in [0.3, 0.4) is 0 Å². The monoisotopic (exact) mass is 197 g/mol. The van der Waals surface area contributed by atoms with Gasteiger partial charge in [0, 0.05) is 18.3 Å². The molecule has 0 spiro atoms. The maximum absolute atomic E-state index is 12.6. The van der Waals surface area contributed by atoms with Crippen LogP contribution in [-0.2, 0) is 6.54 Å². The zero-order chi connectivity index (χ0) is 10.7. The van der Waals surface area contributed by atoms with E-state index in [1.165, 1.54) is 13.1 Å². The molecule has 1 aromatic heterocycles. The van der Waals surface area contributed by atoms with Gasteiger partial charge in [0.2, 0.25) is 0 Å². The Morgan fingerprint density at radius 1 is 1.64 bits per heavy atom. The van der Waals surface area contributed by atoms with Gasteiger partial charge in [-0.25, -0.2) is 13.8 Å². The van der Waals surface area contributed by atoms with Crippen LogP contribution >= 0.6 is 0 Å². The zero-order valence-electron chi connectivity index (χ0n) is 7.59. The number of hydrogen-bond donors (Lipinski definition) is 1. The van der Waals surface area contributed by atoms with Crippen LogP contribution in [0, 0.1) is 18.3 Å². The molecule has 0 aromatic carbocycles. The fourth-order valence-corrected chi connectivity index (χ4v) is 1.26. The number of aromatic nitrogens is 1. The minimum Gasteiger partial charge on any atom is -0.326 e. The Morgan fingerprint density at radius 3 is 2.71 bits per heavy atom. The molecule has 0 aliphatic heterocycles. The van der Waals surface area contributed by atoms with Gasteiger partial charge >= 0.3 is 0 Å². The van der Waals surface area contributed by atoms with Crippen LogP contribution in [0.2, 0.25) is 0 Å². The average molecular weight is 197 g/mol. The van der Waals surface area contributed by atoms with E-state index in [1.54, 1.807) is 6.07 Å². The Balaban J connectivity index is 3.41. The van der Waals surface area contributed by atoms with Crippen LogP contribution < -0.4 is 5.73 Å². The van der Waals surface area contributed by atoms with Crippen LogP contribution in [-0.4, -0.2) is 4.98 Å². The SMILES string of the molecule is Cc1c(C#N)ncc(CN)c1C(F)F. The first-order chi connectivity index (χ1) is 6.61. The molecule has 1 heterocycles. The molecule has 0 amide bonds. The normalized spacial score (nSPS) is 10.3. The number of rotatable bonds is 2. The smallest absolute Gasteiger partial charge is 0.264 e. The molecule has 0 aliphatic rings. The molecule has 14 heavy (non-hydrogen) atoms. The number of nitriles is 1. The Bertz CT molecular complexity index is 382. The molecule has 0 atom stereocenters. The summed E-state index contributed by atoms with van der Waals surface area (Å²) in [7, 11) is 0. The molecular weight excluding hydrogens is 188 g/mol. The molecule has 1 rings (SSSR count). The minimum atomic E-state index is -2.62. The van der Waals surface area contributed by atoms with E-state index < -0.39 is 6.43 Å². The van der Waals surface area contributed by atoms with Gasteiger partial charge in [0.1, 0.15) is 11.8 Å². The summed E-state index contributed by atoms with van der Waals surface area (Å²) >= 11 is 0. The molecule has 0 unspecified atom stereocenters. The molecule has 0 aliphatic carbocycles. The molecule has 0 fully saturated rings. The summed E-state index contributed by atoms with van der Waals surface area (Å²) in [5.74, 6) is 0. The van der Waals surface area contributed by atoms with Crippen molar-refractivity contribution in [3.63, 3.8) is 0 Å². The lowest BCUT2D eigenvalue weighted by Crippen LogP contribution is -2.07. The largest absolute Gasteiger partial charge is 0.326 e. The van der Waals surface area contributed by atoms with Crippen LogP contribution in [0.25, 0.3) is 0 Å². The summed E-state index contributed by atoms with van der Waals surface area (Å²) in [4.78, 5) is 3.74. The van der Waals surface area contributed by atoms with Gasteiger partial charge in [0.05, 0.1) is 0 Å². The summed E-state index contributed by atoms with van der Waals surface area (Å²) in [5, 5.41) is 8.60. The molecule has 1 aromatic rings. The third-order valence-electron chi connectivity index (χ3n) is 2.00. The Morgan fingerprint density at radius 2 is 2.29 bits per heavy atom. The van der Waals surface area contributed by atoms with E-state index in [0.717, 1.165) is 0 Å².